The predicted octanol–water partition coefficient (Wildman–Crippen LogP) is 3.26. The minimum Gasteiger partial charge on any atom is -0.384 e. The normalized spacial score (nSPS) is 13.8. The molecule has 3 aromatic heterocycles. The first-order valence-corrected chi connectivity index (χ1v) is 11.4. The summed E-state index contributed by atoms with van der Waals surface area (Å²) in [6.07, 6.45) is 1.07. The van der Waals surface area contributed by atoms with Crippen molar-refractivity contribution in [1.82, 2.24) is 30.4 Å². The van der Waals surface area contributed by atoms with Gasteiger partial charge in [-0.2, -0.15) is 18.3 Å². The van der Waals surface area contributed by atoms with Crippen molar-refractivity contribution in [3.8, 4) is 11.8 Å². The van der Waals surface area contributed by atoms with Crippen LogP contribution in [0.15, 0.2) is 55.0 Å². The van der Waals surface area contributed by atoms with Crippen molar-refractivity contribution in [1.29, 1.82) is 0 Å². The second-order valence-electron chi connectivity index (χ2n) is 8.31. The number of fused-ring (bicyclic) bond motifs is 1. The van der Waals surface area contributed by atoms with Gasteiger partial charge in [0.05, 0.1) is 11.8 Å². The lowest BCUT2D eigenvalue weighted by Gasteiger charge is -2.28. The summed E-state index contributed by atoms with van der Waals surface area (Å²) in [4.78, 5) is 20.7. The molecule has 37 heavy (non-hydrogen) atoms. The molecular weight excluding hydrogens is 483 g/mol. The van der Waals surface area contributed by atoms with E-state index in [1.165, 1.54) is 12.1 Å². The van der Waals surface area contributed by atoms with Crippen LogP contribution in [0.4, 0.5) is 19.0 Å². The molecule has 0 saturated carbocycles. The molecule has 8 nitrogen and oxygen atoms in total. The molecule has 4 N–H and O–H groups in total. The van der Waals surface area contributed by atoms with Gasteiger partial charge in [0.25, 0.3) is 0 Å². The third-order valence-corrected chi connectivity index (χ3v) is 5.60. The molecule has 0 amide bonds. The number of hydrogen-bond donors (Lipinski definition) is 3. The number of piperazine rings is 1. The van der Waals surface area contributed by atoms with E-state index in [1.807, 2.05) is 17.0 Å². The van der Waals surface area contributed by atoms with Gasteiger partial charge in [0, 0.05) is 67.2 Å². The van der Waals surface area contributed by atoms with E-state index in [-0.39, 0.29) is 17.7 Å². The number of nitrogens with one attached hydrogen (secondary N) is 2. The lowest BCUT2D eigenvalue weighted by atomic mass is 10.0. The van der Waals surface area contributed by atoms with Crippen molar-refractivity contribution in [2.45, 2.75) is 12.7 Å². The summed E-state index contributed by atoms with van der Waals surface area (Å²) >= 11 is 0. The second kappa shape index (κ2) is 11.6. The van der Waals surface area contributed by atoms with Crippen LogP contribution in [-0.2, 0) is 12.7 Å². The Morgan fingerprint density at radius 3 is 2.54 bits per heavy atom. The van der Waals surface area contributed by atoms with Crippen LogP contribution >= 0.6 is 0 Å². The number of benzene rings is 1. The Morgan fingerprint density at radius 2 is 1.81 bits per heavy atom. The van der Waals surface area contributed by atoms with Crippen molar-refractivity contribution in [2.75, 3.05) is 31.9 Å². The number of carbonyl (C=O) groups is 1. The maximum atomic E-state index is 13.0. The topological polar surface area (TPSA) is 113 Å². The second-order valence-corrected chi connectivity index (χ2v) is 8.31. The molecule has 0 bridgehead atoms. The molecule has 1 aliphatic heterocycles. The number of nitrogens with two attached hydrogens (primary N) is 1. The van der Waals surface area contributed by atoms with Crippen molar-refractivity contribution < 1.29 is 18.0 Å². The first-order valence-electron chi connectivity index (χ1n) is 11.4. The molecule has 4 aromatic rings. The van der Waals surface area contributed by atoms with E-state index in [1.54, 1.807) is 24.7 Å². The fourth-order valence-electron chi connectivity index (χ4n) is 3.75. The minimum atomic E-state index is -4.43. The molecule has 1 fully saturated rings. The Hall–Kier alpha value is -4.27. The van der Waals surface area contributed by atoms with Crippen LogP contribution < -0.4 is 11.1 Å². The summed E-state index contributed by atoms with van der Waals surface area (Å²) < 4.78 is 38.9. The van der Waals surface area contributed by atoms with Crippen LogP contribution in [-0.4, -0.2) is 57.5 Å². The lowest BCUT2D eigenvalue weighted by molar-refractivity contribution is -0.138. The van der Waals surface area contributed by atoms with Crippen molar-refractivity contribution in [3.05, 3.63) is 82.8 Å². The van der Waals surface area contributed by atoms with Crippen molar-refractivity contribution in [3.63, 3.8) is 0 Å². The number of aldehydes is 1. The standard InChI is InChI=1S/C13H15F3N2O.C13H9N5/c14-13(15,16)12-7-10(9-19)1-2-11(12)8-18-5-3-17-4-6-18;14-12-6-9(3-4-15-12)1-2-10-5-11-8-17-18-13(11)16-7-10/h1-2,7,9,17H,3-6,8H2;3-8H,(H2,14,15)(H,16,17,18). The van der Waals surface area contributed by atoms with Crippen molar-refractivity contribution in [2.24, 2.45) is 0 Å². The van der Waals surface area contributed by atoms with Gasteiger partial charge >= 0.3 is 6.18 Å². The van der Waals surface area contributed by atoms with Gasteiger partial charge in [-0.3, -0.25) is 14.8 Å². The highest BCUT2D eigenvalue weighted by Gasteiger charge is 2.34. The number of aromatic nitrogens is 4. The zero-order chi connectivity index (χ0) is 26.3. The molecule has 0 aliphatic carbocycles. The summed E-state index contributed by atoms with van der Waals surface area (Å²) in [5.41, 5.74) is 7.57. The average molecular weight is 508 g/mol. The average Bonchev–Trinajstić information content (AvgIpc) is 3.36. The number of hydrogen-bond acceptors (Lipinski definition) is 7. The maximum absolute atomic E-state index is 13.0. The molecule has 4 heterocycles. The fraction of sp³-hybridized carbons (Fsp3) is 0.231. The first-order chi connectivity index (χ1) is 17.8. The summed E-state index contributed by atoms with van der Waals surface area (Å²) in [6.45, 7) is 3.29. The minimum absolute atomic E-state index is 0.0522. The third-order valence-electron chi connectivity index (χ3n) is 5.60. The number of pyridine rings is 2. The molecule has 1 aromatic carbocycles. The number of rotatable bonds is 3. The van der Waals surface area contributed by atoms with Gasteiger partial charge in [-0.15, -0.1) is 0 Å². The van der Waals surface area contributed by atoms with Crippen LogP contribution in [0.25, 0.3) is 11.0 Å². The van der Waals surface area contributed by atoms with E-state index in [0.29, 0.717) is 12.1 Å². The molecule has 1 aliphatic rings. The zero-order valence-corrected chi connectivity index (χ0v) is 19.7. The number of halogens is 3. The van der Waals surface area contributed by atoms with Crippen LogP contribution in [0.1, 0.15) is 32.6 Å². The van der Waals surface area contributed by atoms with E-state index < -0.39 is 11.7 Å². The number of H-pyrrole nitrogens is 1. The molecule has 1 saturated heterocycles. The molecule has 190 valence electrons. The Kier molecular flexibility index (Phi) is 8.12. The molecule has 0 unspecified atom stereocenters. The van der Waals surface area contributed by atoms with Gasteiger partial charge < -0.3 is 11.1 Å². The van der Waals surface area contributed by atoms with Crippen LogP contribution in [0, 0.1) is 11.8 Å². The molecule has 5 rings (SSSR count). The Morgan fingerprint density at radius 1 is 1.03 bits per heavy atom. The Labute approximate surface area is 211 Å². The zero-order valence-electron chi connectivity index (χ0n) is 19.7. The number of carbonyl (C=O) groups excluding carboxylic acids is 1. The largest absolute Gasteiger partial charge is 0.416 e. The fourth-order valence-corrected chi connectivity index (χ4v) is 3.75. The molecule has 0 atom stereocenters. The number of alkyl halides is 3. The quantitative estimate of drug-likeness (QED) is 0.288. The van der Waals surface area contributed by atoms with E-state index >= 15 is 0 Å². The lowest BCUT2D eigenvalue weighted by Crippen LogP contribution is -2.43. The summed E-state index contributed by atoms with van der Waals surface area (Å²) in [6, 6.07) is 9.23. The smallest absolute Gasteiger partial charge is 0.384 e. The van der Waals surface area contributed by atoms with E-state index in [4.69, 9.17) is 5.73 Å². The summed E-state index contributed by atoms with van der Waals surface area (Å²) in [5, 5.41) is 10.8. The van der Waals surface area contributed by atoms with E-state index in [2.05, 4.69) is 37.3 Å². The highest BCUT2D eigenvalue weighted by Crippen LogP contribution is 2.33. The van der Waals surface area contributed by atoms with Crippen molar-refractivity contribution >= 4 is 23.1 Å². The number of nitrogen functional groups attached to an aromatic ring is 1. The highest BCUT2D eigenvalue weighted by atomic mass is 19.4. The molecule has 11 heteroatoms. The SMILES string of the molecule is Nc1cc(C#Cc2cnc3[nH]ncc3c2)ccn1.O=Cc1ccc(CN2CCNCC2)c(C(F)(F)F)c1. The van der Waals surface area contributed by atoms with Gasteiger partial charge in [-0.25, -0.2) is 9.97 Å². The van der Waals surface area contributed by atoms with Crippen LogP contribution in [0.3, 0.4) is 0 Å². The van der Waals surface area contributed by atoms with Crippen LogP contribution in [0.5, 0.6) is 0 Å². The summed E-state index contributed by atoms with van der Waals surface area (Å²) in [5.74, 6) is 6.51. The van der Waals surface area contributed by atoms with Gasteiger partial charge in [0.2, 0.25) is 0 Å². The highest BCUT2D eigenvalue weighted by molar-refractivity contribution is 5.76. The first kappa shape index (κ1) is 25.8. The number of aromatic amines is 1. The third kappa shape index (κ3) is 7.13. The van der Waals surface area contributed by atoms with Gasteiger partial charge in [-0.1, -0.05) is 24.0 Å². The van der Waals surface area contributed by atoms with Gasteiger partial charge in [0.1, 0.15) is 12.1 Å². The van der Waals surface area contributed by atoms with Gasteiger partial charge in [0.15, 0.2) is 5.65 Å². The molecule has 0 spiro atoms. The molecule has 0 radical (unpaired) electrons. The Balaban J connectivity index is 0.000000173. The van der Waals surface area contributed by atoms with Gasteiger partial charge in [-0.05, 0) is 29.8 Å². The van der Waals surface area contributed by atoms with Crippen LogP contribution in [0.2, 0.25) is 0 Å². The Bertz CT molecular complexity index is 1430. The molecular formula is C26H24F3N7O. The monoisotopic (exact) mass is 507 g/mol. The number of anilines is 1. The number of nitrogens with zero attached hydrogens (tertiary/aromatic N) is 4. The summed E-state index contributed by atoms with van der Waals surface area (Å²) in [7, 11) is 0. The maximum Gasteiger partial charge on any atom is 0.416 e. The van der Waals surface area contributed by atoms with E-state index in [0.717, 1.165) is 54.4 Å². The predicted molar refractivity (Wildman–Crippen MR) is 133 cm³/mol. The van der Waals surface area contributed by atoms with E-state index in [9.17, 15) is 18.0 Å².